The molecule has 0 aliphatic carbocycles. The molecule has 0 aromatic rings. The third-order valence-electron chi connectivity index (χ3n) is 0. The number of rotatable bonds is 0. The van der Waals surface area contributed by atoms with Crippen LogP contribution < -0.4 is 17.2 Å². The van der Waals surface area contributed by atoms with Gasteiger partial charge in [0.1, 0.15) is 0 Å². The van der Waals surface area contributed by atoms with Gasteiger partial charge in [-0.25, -0.2) is 0 Å². The number of hydrogen-bond acceptors (Lipinski definition) is 3. The maximum absolute atomic E-state index is 8.46. The molecule has 0 unspecified atom stereocenters. The summed E-state index contributed by atoms with van der Waals surface area (Å²) in [7, 11) is 0. The van der Waals surface area contributed by atoms with Crippen LogP contribution in [0.1, 0.15) is 0 Å². The Morgan fingerprint density at radius 2 is 0.700 bits per heavy atom. The summed E-state index contributed by atoms with van der Waals surface area (Å²) < 4.78 is 0. The minimum Gasteiger partial charge on any atom is -0.543 e. The van der Waals surface area contributed by atoms with Crippen LogP contribution in [0.2, 0.25) is 0 Å². The van der Waals surface area contributed by atoms with Gasteiger partial charge in [0, 0.05) is 0 Å². The minimum absolute atomic E-state index is 0. The molecular weight excluding hydrogens is 323 g/mol. The first-order valence-corrected chi connectivity index (χ1v) is 1.48. The van der Waals surface area contributed by atoms with Crippen molar-refractivity contribution in [1.82, 2.24) is 0 Å². The summed E-state index contributed by atoms with van der Waals surface area (Å²) in [6.07, 6.45) is 3.00. The Bertz CT molecular complexity index is 55.7. The molecule has 0 bridgehead atoms. The SMILES string of the molecule is N[C-]=O.N[C-]=O.N[C-]=O.[Au+3]. The van der Waals surface area contributed by atoms with Gasteiger partial charge in [0.05, 0.1) is 0 Å². The Labute approximate surface area is 73.6 Å². The number of hydrogen-bond donors (Lipinski definition) is 3. The fourth-order valence-corrected chi connectivity index (χ4v) is 0. The van der Waals surface area contributed by atoms with E-state index in [2.05, 4.69) is 17.2 Å². The second kappa shape index (κ2) is 90.1. The maximum atomic E-state index is 8.46. The van der Waals surface area contributed by atoms with Gasteiger partial charge >= 0.3 is 22.4 Å². The van der Waals surface area contributed by atoms with Crippen LogP contribution in [-0.4, -0.2) is 19.2 Å². The van der Waals surface area contributed by atoms with Crippen molar-refractivity contribution in [2.75, 3.05) is 0 Å². The van der Waals surface area contributed by atoms with Crippen LogP contribution >= 0.6 is 0 Å². The number of primary amides is 3. The molecule has 6 N–H and O–H groups in total. The Morgan fingerprint density at radius 1 is 0.700 bits per heavy atom. The van der Waals surface area contributed by atoms with Gasteiger partial charge in [-0.1, -0.05) is 0 Å². The predicted molar refractivity (Wildman–Crippen MR) is 29.6 cm³/mol. The average molecular weight is 329 g/mol. The van der Waals surface area contributed by atoms with Crippen molar-refractivity contribution in [1.29, 1.82) is 0 Å². The summed E-state index contributed by atoms with van der Waals surface area (Å²) >= 11 is 0. The molecule has 6 nitrogen and oxygen atoms in total. The number of carbonyl (C=O) groups excluding carboxylic acids is 3. The molecule has 0 aliphatic heterocycles. The van der Waals surface area contributed by atoms with Gasteiger partial charge in [-0.05, 0) is 0 Å². The van der Waals surface area contributed by atoms with E-state index in [0.29, 0.717) is 0 Å². The van der Waals surface area contributed by atoms with E-state index in [1.165, 1.54) is 0 Å². The molecule has 0 saturated carbocycles. The fraction of sp³-hybridized carbons (Fsp3) is 0. The zero-order chi connectivity index (χ0) is 8.12. The Kier molecular flexibility index (Phi) is 207. The van der Waals surface area contributed by atoms with E-state index in [1.54, 1.807) is 0 Å². The first-order valence-electron chi connectivity index (χ1n) is 1.48. The van der Waals surface area contributed by atoms with Crippen molar-refractivity contribution in [2.45, 2.75) is 0 Å². The summed E-state index contributed by atoms with van der Waals surface area (Å²) in [6, 6.07) is 0. The fourth-order valence-electron chi connectivity index (χ4n) is 0. The topological polar surface area (TPSA) is 129 Å². The van der Waals surface area contributed by atoms with Crippen LogP contribution in [0.3, 0.4) is 0 Å². The minimum atomic E-state index is 0. The molecule has 0 aromatic carbocycles. The predicted octanol–water partition coefficient (Wildman–Crippen LogP) is -2.97. The molecule has 3 amide bonds. The molecule has 10 heavy (non-hydrogen) atoms. The second-order valence-electron chi connectivity index (χ2n) is 0.354. The van der Waals surface area contributed by atoms with Gasteiger partial charge in [-0.3, -0.25) is 0 Å². The monoisotopic (exact) mass is 329 g/mol. The molecule has 0 atom stereocenters. The normalized spacial score (nSPS) is 3.60. The van der Waals surface area contributed by atoms with Crippen molar-refractivity contribution < 1.29 is 36.8 Å². The van der Waals surface area contributed by atoms with Crippen LogP contribution in [-0.2, 0) is 36.8 Å². The third-order valence-corrected chi connectivity index (χ3v) is 0. The summed E-state index contributed by atoms with van der Waals surface area (Å²) in [5, 5.41) is 0. The van der Waals surface area contributed by atoms with Gasteiger partial charge in [0.25, 0.3) is 0 Å². The molecule has 0 saturated heterocycles. The van der Waals surface area contributed by atoms with Gasteiger partial charge in [-0.15, -0.1) is 0 Å². The van der Waals surface area contributed by atoms with Crippen molar-refractivity contribution in [3.05, 3.63) is 0 Å². The van der Waals surface area contributed by atoms with E-state index in [-0.39, 0.29) is 22.4 Å². The summed E-state index contributed by atoms with van der Waals surface area (Å²) in [4.78, 5) is 25.4. The molecule has 0 radical (unpaired) electrons. The van der Waals surface area contributed by atoms with E-state index in [9.17, 15) is 0 Å². The van der Waals surface area contributed by atoms with Crippen LogP contribution in [0.5, 0.6) is 0 Å². The Balaban J connectivity index is -0.0000000257. The van der Waals surface area contributed by atoms with Crippen molar-refractivity contribution in [2.24, 2.45) is 17.2 Å². The zero-order valence-corrected chi connectivity index (χ0v) is 6.92. The van der Waals surface area contributed by atoms with Gasteiger partial charge in [0.15, 0.2) is 0 Å². The second-order valence-corrected chi connectivity index (χ2v) is 0.354. The summed E-state index contributed by atoms with van der Waals surface area (Å²) in [5.41, 5.74) is 12.1. The van der Waals surface area contributed by atoms with Crippen LogP contribution in [0.15, 0.2) is 0 Å². The Hall–Kier alpha value is -0.850. The molecule has 0 rings (SSSR count). The molecule has 0 spiro atoms. The first kappa shape index (κ1) is 22.9. The van der Waals surface area contributed by atoms with Crippen LogP contribution in [0.25, 0.3) is 0 Å². The molecule has 7 heteroatoms. The van der Waals surface area contributed by atoms with Crippen LogP contribution in [0.4, 0.5) is 0 Å². The Morgan fingerprint density at radius 3 is 0.700 bits per heavy atom. The quantitative estimate of drug-likeness (QED) is 0.249. The maximum Gasteiger partial charge on any atom is 3.00 e. The van der Waals surface area contributed by atoms with Crippen molar-refractivity contribution in [3.8, 4) is 0 Å². The van der Waals surface area contributed by atoms with E-state index < -0.39 is 0 Å². The van der Waals surface area contributed by atoms with Crippen LogP contribution in [0, 0.1) is 0 Å². The number of nitrogens with two attached hydrogens (primary N) is 3. The van der Waals surface area contributed by atoms with Gasteiger partial charge < -0.3 is 31.6 Å². The molecule has 62 valence electrons. The molecular formula is C3H6AuN3O3. The average Bonchev–Trinajstić information content (AvgIpc) is 1.70. The van der Waals surface area contributed by atoms with E-state index >= 15 is 0 Å². The van der Waals surface area contributed by atoms with Gasteiger partial charge in [0.2, 0.25) is 0 Å². The van der Waals surface area contributed by atoms with Crippen molar-refractivity contribution >= 4 is 19.2 Å². The zero-order valence-electron chi connectivity index (χ0n) is 4.76. The van der Waals surface area contributed by atoms with E-state index in [1.807, 2.05) is 0 Å². The molecule has 0 aliphatic rings. The summed E-state index contributed by atoms with van der Waals surface area (Å²) in [6.45, 7) is 0. The van der Waals surface area contributed by atoms with E-state index in [0.717, 1.165) is 19.2 Å². The number of amides is 3. The molecule has 0 heterocycles. The first-order chi connectivity index (χ1) is 4.24. The van der Waals surface area contributed by atoms with Crippen molar-refractivity contribution in [3.63, 3.8) is 0 Å². The standard InChI is InChI=1S/3CH2NO.Au/c3*2-1-3;/h3*(H2,2,3);/q3*-1;+3. The summed E-state index contributed by atoms with van der Waals surface area (Å²) in [5.74, 6) is 0. The smallest absolute Gasteiger partial charge is 0.543 e. The largest absolute Gasteiger partial charge is 3.00 e. The van der Waals surface area contributed by atoms with E-state index in [4.69, 9.17) is 14.4 Å². The molecule has 0 aromatic heterocycles. The van der Waals surface area contributed by atoms with Gasteiger partial charge in [-0.2, -0.15) is 19.2 Å². The third kappa shape index (κ3) is 375. The molecule has 0 fully saturated rings.